The number of carbonyl (C=O) groups excluding carboxylic acids is 1. The van der Waals surface area contributed by atoms with Crippen molar-refractivity contribution in [3.8, 4) is 11.5 Å². The second kappa shape index (κ2) is 7.96. The lowest BCUT2D eigenvalue weighted by molar-refractivity contribution is -0.116. The van der Waals surface area contributed by atoms with Gasteiger partial charge in [-0.15, -0.1) is 5.10 Å². The molecule has 3 aliphatic rings. The number of amidine groups is 1. The number of hydrazone groups is 1. The summed E-state index contributed by atoms with van der Waals surface area (Å²) in [6.07, 6.45) is 1.64. The van der Waals surface area contributed by atoms with E-state index in [1.54, 1.807) is 16.8 Å². The van der Waals surface area contributed by atoms with Crippen molar-refractivity contribution in [3.63, 3.8) is 0 Å². The summed E-state index contributed by atoms with van der Waals surface area (Å²) in [5, 5.41) is 11.6. The number of fused-ring (bicyclic) bond motifs is 3. The minimum Gasteiger partial charge on any atom is -0.454 e. The van der Waals surface area contributed by atoms with Gasteiger partial charge < -0.3 is 9.47 Å². The monoisotopic (exact) mass is 486 g/mol. The van der Waals surface area contributed by atoms with Crippen molar-refractivity contribution in [1.29, 1.82) is 0 Å². The fourth-order valence-electron chi connectivity index (χ4n) is 3.54. The Labute approximate surface area is 186 Å². The van der Waals surface area contributed by atoms with Crippen LogP contribution < -0.4 is 25.4 Å². The summed E-state index contributed by atoms with van der Waals surface area (Å²) >= 11 is 5.19. The van der Waals surface area contributed by atoms with Crippen LogP contribution in [0.3, 0.4) is 0 Å². The number of para-hydroxylation sites is 1. The molecule has 2 aromatic carbocycles. The van der Waals surface area contributed by atoms with Crippen molar-refractivity contribution in [1.82, 2.24) is 10.3 Å². The lowest BCUT2D eigenvalue weighted by Crippen LogP contribution is -2.50. The number of unbranched alkanes of at least 4 members (excludes halogenated alkanes) is 1. The maximum Gasteiger partial charge on any atom is 0.276 e. The van der Waals surface area contributed by atoms with Gasteiger partial charge in [-0.05, 0) is 24.6 Å². The Morgan fingerprint density at radius 3 is 2.90 bits per heavy atom. The quantitative estimate of drug-likeness (QED) is 0.672. The van der Waals surface area contributed by atoms with Gasteiger partial charge in [-0.2, -0.15) is 0 Å². The largest absolute Gasteiger partial charge is 0.454 e. The molecular formula is C21H19BrN4O3S. The van der Waals surface area contributed by atoms with Crippen molar-refractivity contribution in [3.05, 3.63) is 57.0 Å². The van der Waals surface area contributed by atoms with E-state index in [-0.39, 0.29) is 12.7 Å². The SMILES string of the molecule is CCCCSC1=NN2C(=c3ccccc3=N[C@H]2c2cc3c(cc2Br)OCO3)C(=O)N1. The van der Waals surface area contributed by atoms with Gasteiger partial charge in [0.2, 0.25) is 6.79 Å². The lowest BCUT2D eigenvalue weighted by Gasteiger charge is -2.34. The summed E-state index contributed by atoms with van der Waals surface area (Å²) in [5.74, 6) is 2.06. The highest BCUT2D eigenvalue weighted by atomic mass is 79.9. The Balaban J connectivity index is 1.65. The summed E-state index contributed by atoms with van der Waals surface area (Å²) in [6.45, 7) is 2.33. The van der Waals surface area contributed by atoms with E-state index in [2.05, 4.69) is 28.2 Å². The third kappa shape index (κ3) is 3.35. The Hall–Kier alpha value is -2.52. The molecule has 0 spiro atoms. The van der Waals surface area contributed by atoms with E-state index >= 15 is 0 Å². The van der Waals surface area contributed by atoms with Crippen molar-refractivity contribution >= 4 is 44.5 Å². The Kier molecular flexibility index (Phi) is 5.16. The molecular weight excluding hydrogens is 468 g/mol. The van der Waals surface area contributed by atoms with E-state index in [1.165, 1.54) is 0 Å². The number of hydrogen-bond acceptors (Lipinski definition) is 7. The minimum atomic E-state index is -0.508. The van der Waals surface area contributed by atoms with E-state index in [1.807, 2.05) is 36.4 Å². The lowest BCUT2D eigenvalue weighted by atomic mass is 10.1. The molecule has 0 saturated heterocycles. The van der Waals surface area contributed by atoms with Gasteiger partial charge in [-0.3, -0.25) is 15.1 Å². The van der Waals surface area contributed by atoms with E-state index in [0.717, 1.165) is 39.2 Å². The van der Waals surface area contributed by atoms with Crippen molar-refractivity contribution in [2.24, 2.45) is 10.1 Å². The second-order valence-electron chi connectivity index (χ2n) is 7.00. The summed E-state index contributed by atoms with van der Waals surface area (Å²) in [7, 11) is 0. The molecule has 0 fully saturated rings. The summed E-state index contributed by atoms with van der Waals surface area (Å²) in [4.78, 5) is 18.0. The highest BCUT2D eigenvalue weighted by molar-refractivity contribution is 9.10. The number of nitrogens with one attached hydrogen (secondary N) is 1. The molecule has 0 aromatic heterocycles. The number of halogens is 1. The van der Waals surface area contributed by atoms with E-state index in [9.17, 15) is 4.79 Å². The molecule has 0 saturated carbocycles. The van der Waals surface area contributed by atoms with Crippen LogP contribution in [0, 0.1) is 0 Å². The van der Waals surface area contributed by atoms with Crippen LogP contribution in [0.1, 0.15) is 31.5 Å². The molecule has 7 nitrogen and oxygen atoms in total. The number of ether oxygens (including phenoxy) is 2. The van der Waals surface area contributed by atoms with Gasteiger partial charge in [0.05, 0.1) is 5.36 Å². The molecule has 2 aromatic rings. The second-order valence-corrected chi connectivity index (χ2v) is 8.94. The van der Waals surface area contributed by atoms with E-state index in [4.69, 9.17) is 19.6 Å². The first kappa shape index (κ1) is 19.4. The fraction of sp³-hybridized carbons (Fsp3) is 0.286. The molecule has 0 bridgehead atoms. The number of carbonyl (C=O) groups is 1. The number of nitrogens with zero attached hydrogens (tertiary/aromatic N) is 3. The van der Waals surface area contributed by atoms with Crippen LogP contribution in [0.4, 0.5) is 0 Å². The minimum absolute atomic E-state index is 0.173. The van der Waals surface area contributed by atoms with Crippen LogP contribution in [-0.2, 0) is 4.79 Å². The molecule has 30 heavy (non-hydrogen) atoms. The molecule has 3 aliphatic heterocycles. The van der Waals surface area contributed by atoms with Gasteiger partial charge in [0.1, 0.15) is 5.70 Å². The van der Waals surface area contributed by atoms with Crippen LogP contribution in [0.25, 0.3) is 5.70 Å². The average Bonchev–Trinajstić information content (AvgIpc) is 3.20. The molecule has 154 valence electrons. The summed E-state index contributed by atoms with van der Waals surface area (Å²) in [5.41, 5.74) is 1.35. The zero-order valence-electron chi connectivity index (χ0n) is 16.2. The first-order valence-electron chi connectivity index (χ1n) is 9.74. The zero-order valence-corrected chi connectivity index (χ0v) is 18.6. The predicted molar refractivity (Wildman–Crippen MR) is 118 cm³/mol. The number of rotatable bonds is 4. The first-order valence-corrected chi connectivity index (χ1v) is 11.5. The third-order valence-corrected chi connectivity index (χ3v) is 6.66. The molecule has 9 heteroatoms. The normalized spacial score (nSPS) is 18.9. The third-order valence-electron chi connectivity index (χ3n) is 5.02. The van der Waals surface area contributed by atoms with E-state index < -0.39 is 6.17 Å². The van der Waals surface area contributed by atoms with Crippen LogP contribution in [0.2, 0.25) is 0 Å². The maximum atomic E-state index is 13.1. The van der Waals surface area contributed by atoms with Crippen LogP contribution in [0.15, 0.2) is 51.0 Å². The Bertz CT molecular complexity index is 1180. The van der Waals surface area contributed by atoms with Crippen molar-refractivity contribution in [2.75, 3.05) is 12.5 Å². The van der Waals surface area contributed by atoms with Gasteiger partial charge in [-0.25, -0.2) is 5.01 Å². The van der Waals surface area contributed by atoms with Crippen LogP contribution >= 0.6 is 27.7 Å². The number of thioether (sulfide) groups is 1. The highest BCUT2D eigenvalue weighted by Crippen LogP contribution is 2.42. The molecule has 0 aliphatic carbocycles. The van der Waals surface area contributed by atoms with Crippen molar-refractivity contribution < 1.29 is 14.3 Å². The van der Waals surface area contributed by atoms with Crippen LogP contribution in [0.5, 0.6) is 11.5 Å². The van der Waals surface area contributed by atoms with Crippen molar-refractivity contribution in [2.45, 2.75) is 25.9 Å². The number of benzene rings is 2. The van der Waals surface area contributed by atoms with Gasteiger partial charge in [-0.1, -0.05) is 59.2 Å². The maximum absolute atomic E-state index is 13.1. The zero-order chi connectivity index (χ0) is 20.7. The summed E-state index contributed by atoms with van der Waals surface area (Å²) < 4.78 is 11.9. The molecule has 1 amide bonds. The molecule has 0 unspecified atom stereocenters. The highest BCUT2D eigenvalue weighted by Gasteiger charge is 2.36. The fourth-order valence-corrected chi connectivity index (χ4v) is 5.00. The van der Waals surface area contributed by atoms with Gasteiger partial charge in [0, 0.05) is 21.0 Å². The Morgan fingerprint density at radius 1 is 1.27 bits per heavy atom. The Morgan fingerprint density at radius 2 is 2.07 bits per heavy atom. The van der Waals surface area contributed by atoms with Crippen LogP contribution in [-0.4, -0.2) is 28.6 Å². The average molecular weight is 487 g/mol. The molecule has 1 N–H and O–H groups in total. The number of hydrogen-bond donors (Lipinski definition) is 1. The van der Waals surface area contributed by atoms with Gasteiger partial charge in [0.15, 0.2) is 22.8 Å². The molecule has 0 radical (unpaired) electrons. The topological polar surface area (TPSA) is 75.5 Å². The molecule has 5 rings (SSSR count). The van der Waals surface area contributed by atoms with Gasteiger partial charge in [0.25, 0.3) is 5.91 Å². The molecule has 3 heterocycles. The molecule has 1 atom stereocenters. The predicted octanol–water partition coefficient (Wildman–Crippen LogP) is 2.85. The smallest absolute Gasteiger partial charge is 0.276 e. The first-order chi connectivity index (χ1) is 14.7. The van der Waals surface area contributed by atoms with E-state index in [0.29, 0.717) is 22.4 Å². The summed E-state index contributed by atoms with van der Waals surface area (Å²) in [6, 6.07) is 11.4. The standard InChI is InChI=1S/C21H19BrN4O3S/c1-2-3-8-30-21-24-20(27)18-12-6-4-5-7-15(12)23-19(26(18)25-21)13-9-16-17(10-14(13)22)29-11-28-16/h4-7,9-10,19H,2-3,8,11H2,1H3,(H,24,25,27)/t19-/m1/s1. The number of amides is 1. The van der Waals surface area contributed by atoms with Gasteiger partial charge >= 0.3 is 0 Å².